The Morgan fingerprint density at radius 1 is 1.38 bits per heavy atom. The van der Waals surface area contributed by atoms with E-state index in [1.807, 2.05) is 18.7 Å². The quantitative estimate of drug-likeness (QED) is 0.815. The molecule has 6 heteroatoms. The smallest absolute Gasteiger partial charge is 0.158 e. The van der Waals surface area contributed by atoms with Gasteiger partial charge in [-0.2, -0.15) is 5.10 Å². The Morgan fingerprint density at radius 3 is 2.90 bits per heavy atom. The third-order valence-corrected chi connectivity index (χ3v) is 4.71. The second kappa shape index (κ2) is 5.97. The van der Waals surface area contributed by atoms with Crippen molar-refractivity contribution < 1.29 is 0 Å². The maximum absolute atomic E-state index is 5.99. The monoisotopic (exact) mass is 309 g/mol. The number of hydrogen-bond acceptors (Lipinski definition) is 3. The molecule has 21 heavy (non-hydrogen) atoms. The molecule has 116 valence electrons. The number of rotatable bonds is 4. The van der Waals surface area contributed by atoms with Crippen LogP contribution in [0, 0.1) is 6.92 Å². The molecular formula is C15H24ClN5. The van der Waals surface area contributed by atoms with E-state index in [2.05, 4.69) is 21.5 Å². The second-order valence-corrected chi connectivity index (χ2v) is 6.29. The number of fused-ring (bicyclic) bond motifs is 1. The molecule has 0 N–H and O–H groups in total. The number of hydrogen-bond donors (Lipinski definition) is 0. The first-order valence-corrected chi connectivity index (χ1v) is 8.37. The van der Waals surface area contributed by atoms with E-state index in [1.54, 1.807) is 0 Å². The molecule has 0 aliphatic carbocycles. The number of likely N-dealkylation sites (N-methyl/N-ethyl adjacent to an activating group) is 1. The van der Waals surface area contributed by atoms with Crippen LogP contribution in [0.1, 0.15) is 37.3 Å². The minimum Gasteiger partial charge on any atom is -0.308 e. The van der Waals surface area contributed by atoms with Crippen LogP contribution in [0.15, 0.2) is 0 Å². The van der Waals surface area contributed by atoms with Crippen LogP contribution in [0.4, 0.5) is 0 Å². The van der Waals surface area contributed by atoms with Crippen LogP contribution in [0.25, 0.3) is 11.2 Å². The highest BCUT2D eigenvalue weighted by Crippen LogP contribution is 2.29. The number of imidazole rings is 1. The van der Waals surface area contributed by atoms with Gasteiger partial charge in [0.05, 0.1) is 5.69 Å². The summed E-state index contributed by atoms with van der Waals surface area (Å²) in [6, 6.07) is 0.483. The molecule has 0 saturated carbocycles. The van der Waals surface area contributed by atoms with Gasteiger partial charge in [-0.15, -0.1) is 11.6 Å². The van der Waals surface area contributed by atoms with Gasteiger partial charge in [0.2, 0.25) is 0 Å². The van der Waals surface area contributed by atoms with Gasteiger partial charge in [-0.3, -0.25) is 4.68 Å². The minimum absolute atomic E-state index is 0.483. The van der Waals surface area contributed by atoms with Crippen LogP contribution >= 0.6 is 11.6 Å². The van der Waals surface area contributed by atoms with Crippen molar-refractivity contribution in [3.8, 4) is 0 Å². The topological polar surface area (TPSA) is 38.9 Å². The molecule has 1 fully saturated rings. The molecule has 2 aromatic heterocycles. The van der Waals surface area contributed by atoms with Gasteiger partial charge in [0.1, 0.15) is 11.3 Å². The predicted octanol–water partition coefficient (Wildman–Crippen LogP) is 2.52. The van der Waals surface area contributed by atoms with Crippen LogP contribution in [0.5, 0.6) is 0 Å². The lowest BCUT2D eigenvalue weighted by Crippen LogP contribution is -2.37. The molecule has 1 aliphatic rings. The van der Waals surface area contributed by atoms with Crippen molar-refractivity contribution in [2.45, 2.75) is 39.2 Å². The van der Waals surface area contributed by atoms with Crippen molar-refractivity contribution in [3.63, 3.8) is 0 Å². The number of piperidine rings is 1. The Morgan fingerprint density at radius 2 is 2.19 bits per heavy atom. The molecule has 1 aliphatic heterocycles. The summed E-state index contributed by atoms with van der Waals surface area (Å²) < 4.78 is 4.37. The fraction of sp³-hybridized carbons (Fsp3) is 0.733. The molecule has 1 unspecified atom stereocenters. The average molecular weight is 310 g/mol. The zero-order valence-corrected chi connectivity index (χ0v) is 13.9. The SMILES string of the molecule is CCN1CCCC(n2c(CCCl)nc3c(C)nn(C)c32)C1. The van der Waals surface area contributed by atoms with Crippen molar-refractivity contribution in [3.05, 3.63) is 11.5 Å². The molecule has 3 rings (SSSR count). The van der Waals surface area contributed by atoms with Crippen molar-refractivity contribution in [1.82, 2.24) is 24.2 Å². The lowest BCUT2D eigenvalue weighted by Gasteiger charge is -2.33. The molecule has 1 saturated heterocycles. The normalized spacial score (nSPS) is 20.5. The number of aryl methyl sites for hydroxylation is 3. The molecule has 2 aromatic rings. The third-order valence-electron chi connectivity index (χ3n) is 4.52. The first-order chi connectivity index (χ1) is 10.2. The maximum atomic E-state index is 5.99. The zero-order chi connectivity index (χ0) is 15.0. The Labute approximate surface area is 130 Å². The summed E-state index contributed by atoms with van der Waals surface area (Å²) in [6.07, 6.45) is 3.27. The number of aromatic nitrogens is 4. The maximum Gasteiger partial charge on any atom is 0.158 e. The molecule has 0 amide bonds. The van der Waals surface area contributed by atoms with Gasteiger partial charge < -0.3 is 9.47 Å². The molecule has 0 spiro atoms. The summed E-state index contributed by atoms with van der Waals surface area (Å²) in [5.41, 5.74) is 3.19. The van der Waals surface area contributed by atoms with E-state index in [1.165, 1.54) is 19.4 Å². The second-order valence-electron chi connectivity index (χ2n) is 5.91. The molecule has 3 heterocycles. The van der Waals surface area contributed by atoms with Gasteiger partial charge >= 0.3 is 0 Å². The molecule has 5 nitrogen and oxygen atoms in total. The first kappa shape index (κ1) is 14.9. The fourth-order valence-corrected chi connectivity index (χ4v) is 3.68. The number of halogens is 1. The van der Waals surface area contributed by atoms with Crippen molar-refractivity contribution in [2.75, 3.05) is 25.5 Å². The van der Waals surface area contributed by atoms with Crippen LogP contribution in [0.2, 0.25) is 0 Å². The molecular weight excluding hydrogens is 286 g/mol. The largest absolute Gasteiger partial charge is 0.308 e. The lowest BCUT2D eigenvalue weighted by atomic mass is 10.1. The van der Waals surface area contributed by atoms with E-state index in [0.29, 0.717) is 11.9 Å². The summed E-state index contributed by atoms with van der Waals surface area (Å²) >= 11 is 5.99. The summed E-state index contributed by atoms with van der Waals surface area (Å²) in [4.78, 5) is 7.35. The van der Waals surface area contributed by atoms with E-state index in [4.69, 9.17) is 16.6 Å². The van der Waals surface area contributed by atoms with E-state index in [9.17, 15) is 0 Å². The summed E-state index contributed by atoms with van der Waals surface area (Å²) in [7, 11) is 2.01. The van der Waals surface area contributed by atoms with Gasteiger partial charge in [0.15, 0.2) is 5.65 Å². The Kier molecular flexibility index (Phi) is 4.22. The first-order valence-electron chi connectivity index (χ1n) is 7.84. The summed E-state index contributed by atoms with van der Waals surface area (Å²) in [5.74, 6) is 1.72. The van der Waals surface area contributed by atoms with E-state index in [0.717, 1.165) is 42.2 Å². The standard InChI is InChI=1S/C15H24ClN5/c1-4-20-9-5-6-12(10-20)21-13(7-8-16)17-14-11(2)18-19(3)15(14)21/h12H,4-10H2,1-3H3. The van der Waals surface area contributed by atoms with Gasteiger partial charge in [-0.1, -0.05) is 6.92 Å². The Balaban J connectivity index is 2.07. The molecule has 0 aromatic carbocycles. The lowest BCUT2D eigenvalue weighted by molar-refractivity contribution is 0.185. The highest BCUT2D eigenvalue weighted by Gasteiger charge is 2.26. The third kappa shape index (κ3) is 2.57. The number of alkyl halides is 1. The van der Waals surface area contributed by atoms with Gasteiger partial charge in [-0.05, 0) is 32.9 Å². The highest BCUT2D eigenvalue weighted by atomic mass is 35.5. The molecule has 0 radical (unpaired) electrons. The minimum atomic E-state index is 0.483. The van der Waals surface area contributed by atoms with Crippen LogP contribution < -0.4 is 0 Å². The number of likely N-dealkylation sites (tertiary alicyclic amines) is 1. The van der Waals surface area contributed by atoms with Gasteiger partial charge in [0.25, 0.3) is 0 Å². The van der Waals surface area contributed by atoms with Gasteiger partial charge in [0, 0.05) is 31.9 Å². The van der Waals surface area contributed by atoms with Crippen molar-refractivity contribution in [1.29, 1.82) is 0 Å². The van der Waals surface area contributed by atoms with Crippen molar-refractivity contribution >= 4 is 22.8 Å². The van der Waals surface area contributed by atoms with Crippen LogP contribution in [-0.4, -0.2) is 49.7 Å². The van der Waals surface area contributed by atoms with Crippen molar-refractivity contribution in [2.24, 2.45) is 7.05 Å². The predicted molar refractivity (Wildman–Crippen MR) is 86.0 cm³/mol. The summed E-state index contributed by atoms with van der Waals surface area (Å²) in [5, 5.41) is 4.53. The van der Waals surface area contributed by atoms with Crippen LogP contribution in [0.3, 0.4) is 0 Å². The van der Waals surface area contributed by atoms with E-state index < -0.39 is 0 Å². The average Bonchev–Trinajstić information content (AvgIpc) is 2.98. The zero-order valence-electron chi connectivity index (χ0n) is 13.1. The van der Waals surface area contributed by atoms with Gasteiger partial charge in [-0.25, -0.2) is 4.98 Å². The Hall–Kier alpha value is -1.07. The number of nitrogens with zero attached hydrogens (tertiary/aromatic N) is 5. The summed E-state index contributed by atoms with van der Waals surface area (Å²) in [6.45, 7) is 7.69. The molecule has 1 atom stereocenters. The van der Waals surface area contributed by atoms with E-state index in [-0.39, 0.29) is 0 Å². The Bertz CT molecular complexity index is 630. The van der Waals surface area contributed by atoms with E-state index >= 15 is 0 Å². The molecule has 0 bridgehead atoms. The van der Waals surface area contributed by atoms with Crippen LogP contribution in [-0.2, 0) is 13.5 Å². The fourth-order valence-electron chi connectivity index (χ4n) is 3.51. The highest BCUT2D eigenvalue weighted by molar-refractivity contribution is 6.17.